The Morgan fingerprint density at radius 1 is 1.15 bits per heavy atom. The minimum atomic E-state index is -0.0848. The molecule has 0 aliphatic rings. The maximum Gasteiger partial charge on any atom is 0.185 e. The number of carbonyl (C=O) groups is 1. The van der Waals surface area contributed by atoms with Crippen molar-refractivity contribution in [3.05, 3.63) is 92.8 Å². The van der Waals surface area contributed by atoms with Crippen LogP contribution in [-0.2, 0) is 6.61 Å². The van der Waals surface area contributed by atoms with E-state index in [2.05, 4.69) is 15.9 Å². The number of benzene rings is 2. The van der Waals surface area contributed by atoms with E-state index in [0.29, 0.717) is 27.9 Å². The number of ether oxygens (including phenoxy) is 1. The van der Waals surface area contributed by atoms with Crippen LogP contribution in [0.3, 0.4) is 0 Å². The standard InChI is InChI=1S/C21H16BrClO3/c1-14-3-2-4-19(23)21(14)25-13-18-10-9-17(26-18)11-12-20(24)15-5-7-16(22)8-6-15/h2-12H,13H2,1H3/b12-11+. The maximum absolute atomic E-state index is 12.1. The number of hydrogen-bond donors (Lipinski definition) is 0. The molecule has 2 aromatic carbocycles. The smallest absolute Gasteiger partial charge is 0.185 e. The van der Waals surface area contributed by atoms with Crippen LogP contribution in [0.15, 0.2) is 69.6 Å². The van der Waals surface area contributed by atoms with Crippen molar-refractivity contribution >= 4 is 39.4 Å². The molecule has 132 valence electrons. The highest BCUT2D eigenvalue weighted by atomic mass is 79.9. The first kappa shape index (κ1) is 18.5. The van der Waals surface area contributed by atoms with Crippen molar-refractivity contribution < 1.29 is 13.9 Å². The third-order valence-corrected chi connectivity index (χ3v) is 4.56. The molecule has 0 amide bonds. The number of furan rings is 1. The van der Waals surface area contributed by atoms with E-state index in [-0.39, 0.29) is 12.4 Å². The summed E-state index contributed by atoms with van der Waals surface area (Å²) in [5.74, 6) is 1.80. The molecule has 3 nitrogen and oxygen atoms in total. The largest absolute Gasteiger partial charge is 0.484 e. The molecule has 3 aromatic rings. The van der Waals surface area contributed by atoms with Gasteiger partial charge in [0.2, 0.25) is 0 Å². The molecule has 1 heterocycles. The first-order chi connectivity index (χ1) is 12.5. The lowest BCUT2D eigenvalue weighted by Crippen LogP contribution is -1.96. The summed E-state index contributed by atoms with van der Waals surface area (Å²) >= 11 is 9.50. The molecular formula is C21H16BrClO3. The summed E-state index contributed by atoms with van der Waals surface area (Å²) in [7, 11) is 0. The second kappa shape index (κ2) is 8.39. The third-order valence-electron chi connectivity index (χ3n) is 3.73. The number of para-hydroxylation sites is 1. The highest BCUT2D eigenvalue weighted by Gasteiger charge is 2.07. The fourth-order valence-electron chi connectivity index (χ4n) is 2.37. The van der Waals surface area contributed by atoms with Gasteiger partial charge in [-0.2, -0.15) is 0 Å². The summed E-state index contributed by atoms with van der Waals surface area (Å²) in [6.45, 7) is 2.20. The van der Waals surface area contributed by atoms with Crippen LogP contribution >= 0.6 is 27.5 Å². The Morgan fingerprint density at radius 2 is 1.92 bits per heavy atom. The Balaban J connectivity index is 1.62. The molecule has 0 saturated carbocycles. The van der Waals surface area contributed by atoms with Gasteiger partial charge in [0.25, 0.3) is 0 Å². The van der Waals surface area contributed by atoms with Gasteiger partial charge in [0.1, 0.15) is 23.9 Å². The van der Waals surface area contributed by atoms with Gasteiger partial charge in [-0.25, -0.2) is 0 Å². The quantitative estimate of drug-likeness (QED) is 0.331. The number of ketones is 1. The van der Waals surface area contributed by atoms with Gasteiger partial charge >= 0.3 is 0 Å². The summed E-state index contributed by atoms with van der Waals surface area (Å²) in [5, 5.41) is 0.566. The molecule has 0 spiro atoms. The number of allylic oxidation sites excluding steroid dienone is 1. The molecule has 5 heteroatoms. The lowest BCUT2D eigenvalue weighted by Gasteiger charge is -2.09. The van der Waals surface area contributed by atoms with Crippen molar-refractivity contribution in [2.45, 2.75) is 13.5 Å². The monoisotopic (exact) mass is 430 g/mol. The average molecular weight is 432 g/mol. The normalized spacial score (nSPS) is 11.0. The zero-order valence-electron chi connectivity index (χ0n) is 14.0. The Bertz CT molecular complexity index is 922. The summed E-state index contributed by atoms with van der Waals surface area (Å²) in [6, 6.07) is 16.4. The van der Waals surface area contributed by atoms with E-state index in [1.807, 2.05) is 37.3 Å². The first-order valence-electron chi connectivity index (χ1n) is 7.97. The van der Waals surface area contributed by atoms with Crippen LogP contribution in [0.1, 0.15) is 27.4 Å². The van der Waals surface area contributed by atoms with E-state index in [0.717, 1.165) is 10.0 Å². The third kappa shape index (κ3) is 4.65. The zero-order chi connectivity index (χ0) is 18.5. The van der Waals surface area contributed by atoms with Gasteiger partial charge in [0.05, 0.1) is 5.02 Å². The van der Waals surface area contributed by atoms with Crippen molar-refractivity contribution in [1.29, 1.82) is 0 Å². The molecule has 0 fully saturated rings. The van der Waals surface area contributed by atoms with E-state index >= 15 is 0 Å². The van der Waals surface area contributed by atoms with Crippen LogP contribution in [0.2, 0.25) is 5.02 Å². The lowest BCUT2D eigenvalue weighted by atomic mass is 10.1. The number of halogens is 2. The summed E-state index contributed by atoms with van der Waals surface area (Å²) in [5.41, 5.74) is 1.58. The minimum Gasteiger partial charge on any atom is -0.484 e. The van der Waals surface area contributed by atoms with Gasteiger partial charge < -0.3 is 9.15 Å². The summed E-state index contributed by atoms with van der Waals surface area (Å²) in [4.78, 5) is 12.1. The van der Waals surface area contributed by atoms with Crippen LogP contribution in [0.5, 0.6) is 5.75 Å². The Hall–Kier alpha value is -2.30. The van der Waals surface area contributed by atoms with E-state index in [1.54, 1.807) is 30.3 Å². The van der Waals surface area contributed by atoms with Crippen LogP contribution in [0, 0.1) is 6.92 Å². The highest BCUT2D eigenvalue weighted by molar-refractivity contribution is 9.10. The Labute approximate surface area is 165 Å². The SMILES string of the molecule is Cc1cccc(Cl)c1OCc1ccc(/C=C/C(=O)c2ccc(Br)cc2)o1. The Kier molecular flexibility index (Phi) is 5.96. The molecule has 0 unspecified atom stereocenters. The predicted octanol–water partition coefficient (Wildman–Crippen LogP) is 6.48. The number of hydrogen-bond acceptors (Lipinski definition) is 3. The molecular weight excluding hydrogens is 416 g/mol. The topological polar surface area (TPSA) is 39.4 Å². The Morgan fingerprint density at radius 3 is 2.65 bits per heavy atom. The van der Waals surface area contributed by atoms with Crippen molar-refractivity contribution in [2.24, 2.45) is 0 Å². The van der Waals surface area contributed by atoms with Crippen molar-refractivity contribution in [2.75, 3.05) is 0 Å². The summed E-state index contributed by atoms with van der Waals surface area (Å²) < 4.78 is 12.4. The molecule has 0 aliphatic carbocycles. The van der Waals surface area contributed by atoms with Crippen LogP contribution in [0.4, 0.5) is 0 Å². The van der Waals surface area contributed by atoms with Gasteiger partial charge in [-0.05, 0) is 67.1 Å². The fraction of sp³-hybridized carbons (Fsp3) is 0.0952. The molecule has 0 radical (unpaired) electrons. The van der Waals surface area contributed by atoms with Crippen LogP contribution < -0.4 is 4.74 Å². The van der Waals surface area contributed by atoms with Crippen molar-refractivity contribution in [3.63, 3.8) is 0 Å². The average Bonchev–Trinajstić information content (AvgIpc) is 3.08. The molecule has 0 bridgehead atoms. The lowest BCUT2D eigenvalue weighted by molar-refractivity contribution is 0.104. The van der Waals surface area contributed by atoms with Crippen molar-refractivity contribution in [1.82, 2.24) is 0 Å². The first-order valence-corrected chi connectivity index (χ1v) is 9.14. The second-order valence-electron chi connectivity index (χ2n) is 5.68. The minimum absolute atomic E-state index is 0.0848. The van der Waals surface area contributed by atoms with Crippen LogP contribution in [0.25, 0.3) is 6.08 Å². The van der Waals surface area contributed by atoms with E-state index < -0.39 is 0 Å². The van der Waals surface area contributed by atoms with Gasteiger partial charge in [-0.3, -0.25) is 4.79 Å². The van der Waals surface area contributed by atoms with E-state index in [4.69, 9.17) is 20.8 Å². The molecule has 3 rings (SSSR count). The maximum atomic E-state index is 12.1. The van der Waals surface area contributed by atoms with Crippen molar-refractivity contribution in [3.8, 4) is 5.75 Å². The van der Waals surface area contributed by atoms with Gasteiger partial charge in [-0.15, -0.1) is 0 Å². The number of rotatable bonds is 6. The molecule has 0 atom stereocenters. The second-order valence-corrected chi connectivity index (χ2v) is 7.01. The summed E-state index contributed by atoms with van der Waals surface area (Å²) in [6.07, 6.45) is 3.14. The predicted molar refractivity (Wildman–Crippen MR) is 107 cm³/mol. The molecule has 0 N–H and O–H groups in total. The number of aryl methyl sites for hydroxylation is 1. The molecule has 0 saturated heterocycles. The molecule has 0 aliphatic heterocycles. The molecule has 1 aromatic heterocycles. The molecule has 26 heavy (non-hydrogen) atoms. The van der Waals surface area contributed by atoms with Gasteiger partial charge in [0, 0.05) is 10.0 Å². The highest BCUT2D eigenvalue weighted by Crippen LogP contribution is 2.28. The fourth-order valence-corrected chi connectivity index (χ4v) is 2.91. The van der Waals surface area contributed by atoms with E-state index in [1.165, 1.54) is 6.08 Å². The van der Waals surface area contributed by atoms with Gasteiger partial charge in [0.15, 0.2) is 5.78 Å². The number of carbonyl (C=O) groups excluding carboxylic acids is 1. The van der Waals surface area contributed by atoms with Gasteiger partial charge in [-0.1, -0.05) is 39.7 Å². The van der Waals surface area contributed by atoms with E-state index in [9.17, 15) is 4.79 Å². The van der Waals surface area contributed by atoms with Crippen LogP contribution in [-0.4, -0.2) is 5.78 Å². The zero-order valence-corrected chi connectivity index (χ0v) is 16.4.